The van der Waals surface area contributed by atoms with E-state index >= 15 is 0 Å². The first-order valence-electron chi connectivity index (χ1n) is 10.0. The van der Waals surface area contributed by atoms with Crippen molar-refractivity contribution in [3.63, 3.8) is 0 Å². The Kier molecular flexibility index (Phi) is 5.62. The average molecular weight is 432 g/mol. The topological polar surface area (TPSA) is 64.4 Å². The third kappa shape index (κ3) is 4.24. The number of hydrogen-bond acceptors (Lipinski definition) is 4. The van der Waals surface area contributed by atoms with Gasteiger partial charge in [-0.25, -0.2) is 17.2 Å². The zero-order valence-corrected chi connectivity index (χ0v) is 17.3. The number of piperidine rings is 1. The number of likely N-dealkylation sites (tertiary alicyclic amines) is 1. The van der Waals surface area contributed by atoms with E-state index in [1.165, 1.54) is 4.31 Å². The van der Waals surface area contributed by atoms with Gasteiger partial charge >= 0.3 is 0 Å². The highest BCUT2D eigenvalue weighted by Crippen LogP contribution is 2.32. The second kappa shape index (κ2) is 8.06. The number of alkyl halides is 2. The minimum absolute atomic E-state index is 0.00574. The molecule has 2 aliphatic rings. The largest absolute Gasteiger partial charge is 0.299 e. The van der Waals surface area contributed by atoms with Crippen LogP contribution in [-0.2, 0) is 10.0 Å². The molecule has 0 N–H and O–H groups in total. The van der Waals surface area contributed by atoms with Crippen LogP contribution >= 0.6 is 0 Å². The summed E-state index contributed by atoms with van der Waals surface area (Å²) in [7, 11) is -3.63. The lowest BCUT2D eigenvalue weighted by Gasteiger charge is -2.35. The van der Waals surface area contributed by atoms with Crippen molar-refractivity contribution in [2.45, 2.75) is 36.1 Å². The van der Waals surface area contributed by atoms with Crippen LogP contribution in [0.15, 0.2) is 53.4 Å². The van der Waals surface area contributed by atoms with Gasteiger partial charge in [0.2, 0.25) is 10.0 Å². The summed E-state index contributed by atoms with van der Waals surface area (Å²) in [6.07, 6.45) is 0.342. The Bertz CT molecular complexity index is 1040. The van der Waals surface area contributed by atoms with Crippen LogP contribution in [0.25, 0.3) is 11.1 Å². The van der Waals surface area contributed by atoms with Gasteiger partial charge in [-0.2, -0.15) is 9.57 Å². The van der Waals surface area contributed by atoms with Crippen molar-refractivity contribution in [2.75, 3.05) is 26.2 Å². The zero-order valence-electron chi connectivity index (χ0n) is 16.5. The van der Waals surface area contributed by atoms with Crippen LogP contribution in [0.2, 0.25) is 0 Å². The van der Waals surface area contributed by atoms with Crippen molar-refractivity contribution in [1.29, 1.82) is 5.26 Å². The van der Waals surface area contributed by atoms with Crippen LogP contribution < -0.4 is 0 Å². The third-order valence-electron chi connectivity index (χ3n) is 6.01. The number of nitrogens with zero attached hydrogens (tertiary/aromatic N) is 3. The molecule has 8 heteroatoms. The minimum atomic E-state index is -3.63. The molecule has 2 heterocycles. The molecule has 4 rings (SSSR count). The van der Waals surface area contributed by atoms with E-state index in [1.54, 1.807) is 36.4 Å². The Labute approximate surface area is 175 Å². The Morgan fingerprint density at radius 3 is 2.07 bits per heavy atom. The minimum Gasteiger partial charge on any atom is -0.299 e. The highest BCUT2D eigenvalue weighted by atomic mass is 32.2. The molecule has 158 valence electrons. The van der Waals surface area contributed by atoms with E-state index in [0.29, 0.717) is 38.2 Å². The number of hydrogen-bond donors (Lipinski definition) is 0. The fraction of sp³-hybridized carbons (Fsp3) is 0.409. The van der Waals surface area contributed by atoms with Gasteiger partial charge in [-0.05, 0) is 41.8 Å². The molecular weight excluding hydrogens is 408 g/mol. The Morgan fingerprint density at radius 2 is 1.50 bits per heavy atom. The second-order valence-corrected chi connectivity index (χ2v) is 9.85. The molecule has 2 aromatic rings. The Balaban J connectivity index is 1.44. The number of rotatable bonds is 4. The summed E-state index contributed by atoms with van der Waals surface area (Å²) in [5.41, 5.74) is 2.34. The van der Waals surface area contributed by atoms with Gasteiger partial charge in [0.15, 0.2) is 0 Å². The van der Waals surface area contributed by atoms with Gasteiger partial charge in [0.1, 0.15) is 0 Å². The molecule has 1 unspecified atom stereocenters. The van der Waals surface area contributed by atoms with Gasteiger partial charge in [0, 0.05) is 45.1 Å². The van der Waals surface area contributed by atoms with Gasteiger partial charge in [0.25, 0.3) is 5.92 Å². The molecular formula is C22H23F2N3O2S. The van der Waals surface area contributed by atoms with E-state index in [2.05, 4.69) is 6.07 Å². The molecule has 1 atom stereocenters. The van der Waals surface area contributed by atoms with Gasteiger partial charge in [-0.3, -0.25) is 4.90 Å². The van der Waals surface area contributed by atoms with Crippen LogP contribution in [0.5, 0.6) is 0 Å². The molecule has 5 nitrogen and oxygen atoms in total. The molecule has 0 amide bonds. The van der Waals surface area contributed by atoms with Crippen molar-refractivity contribution in [1.82, 2.24) is 9.21 Å². The highest BCUT2D eigenvalue weighted by Gasteiger charge is 2.40. The van der Waals surface area contributed by atoms with E-state index in [4.69, 9.17) is 5.26 Å². The van der Waals surface area contributed by atoms with Crippen molar-refractivity contribution in [2.24, 2.45) is 0 Å². The first-order valence-corrected chi connectivity index (χ1v) is 11.5. The van der Waals surface area contributed by atoms with Crippen molar-refractivity contribution < 1.29 is 17.2 Å². The molecule has 0 aromatic heterocycles. The van der Waals surface area contributed by atoms with Gasteiger partial charge < -0.3 is 0 Å². The van der Waals surface area contributed by atoms with Crippen LogP contribution in [0.1, 0.15) is 24.8 Å². The smallest absolute Gasteiger partial charge is 0.250 e. The van der Waals surface area contributed by atoms with Crippen molar-refractivity contribution >= 4 is 10.0 Å². The first kappa shape index (κ1) is 20.9. The fourth-order valence-electron chi connectivity index (χ4n) is 4.15. The summed E-state index contributed by atoms with van der Waals surface area (Å²) < 4.78 is 54.4. The molecule has 0 radical (unpaired) electrons. The van der Waals surface area contributed by atoms with Gasteiger partial charge in [-0.1, -0.05) is 24.3 Å². The molecule has 0 spiro atoms. The quantitative estimate of drug-likeness (QED) is 0.740. The summed E-state index contributed by atoms with van der Waals surface area (Å²) in [6.45, 7) is 1.36. The normalized spacial score (nSPS) is 22.6. The number of sulfonamides is 1. The van der Waals surface area contributed by atoms with Crippen molar-refractivity contribution in [3.05, 3.63) is 54.1 Å². The Hall–Kier alpha value is -2.34. The van der Waals surface area contributed by atoms with Crippen LogP contribution in [0, 0.1) is 11.3 Å². The summed E-state index contributed by atoms with van der Waals surface area (Å²) in [6, 6.07) is 15.9. The predicted molar refractivity (Wildman–Crippen MR) is 110 cm³/mol. The molecule has 0 bridgehead atoms. The predicted octanol–water partition coefficient (Wildman–Crippen LogP) is 3.72. The maximum absolute atomic E-state index is 13.4. The highest BCUT2D eigenvalue weighted by molar-refractivity contribution is 7.89. The average Bonchev–Trinajstić information content (AvgIpc) is 3.25. The molecule has 2 saturated heterocycles. The SMILES string of the molecule is N#Cc1ccc(-c2ccc(S(=O)(=O)N3CCC(N4CCC(F)(F)CC4)C3)cc2)cc1. The van der Waals surface area contributed by atoms with E-state index in [-0.39, 0.29) is 23.8 Å². The van der Waals surface area contributed by atoms with Gasteiger partial charge in [0.05, 0.1) is 16.5 Å². The lowest BCUT2D eigenvalue weighted by atomic mass is 10.0. The molecule has 30 heavy (non-hydrogen) atoms. The van der Waals surface area contributed by atoms with E-state index < -0.39 is 15.9 Å². The van der Waals surface area contributed by atoms with Crippen LogP contribution in [-0.4, -0.2) is 55.8 Å². The summed E-state index contributed by atoms with van der Waals surface area (Å²) in [5, 5.41) is 8.90. The Morgan fingerprint density at radius 1 is 0.933 bits per heavy atom. The summed E-state index contributed by atoms with van der Waals surface area (Å²) >= 11 is 0. The first-order chi connectivity index (χ1) is 14.3. The lowest BCUT2D eigenvalue weighted by Crippen LogP contribution is -2.46. The zero-order chi connectivity index (χ0) is 21.4. The molecule has 0 saturated carbocycles. The van der Waals surface area contributed by atoms with E-state index in [9.17, 15) is 17.2 Å². The summed E-state index contributed by atoms with van der Waals surface area (Å²) in [4.78, 5) is 2.23. The third-order valence-corrected chi connectivity index (χ3v) is 7.89. The van der Waals surface area contributed by atoms with Crippen LogP contribution in [0.4, 0.5) is 8.78 Å². The van der Waals surface area contributed by atoms with Crippen molar-refractivity contribution in [3.8, 4) is 17.2 Å². The maximum Gasteiger partial charge on any atom is 0.250 e. The summed E-state index contributed by atoms with van der Waals surface area (Å²) in [5.74, 6) is -2.60. The van der Waals surface area contributed by atoms with Gasteiger partial charge in [-0.15, -0.1) is 0 Å². The molecule has 2 aromatic carbocycles. The molecule has 2 aliphatic heterocycles. The second-order valence-electron chi connectivity index (χ2n) is 7.91. The fourth-order valence-corrected chi connectivity index (χ4v) is 5.64. The van der Waals surface area contributed by atoms with Crippen LogP contribution in [0.3, 0.4) is 0 Å². The van der Waals surface area contributed by atoms with E-state index in [0.717, 1.165) is 11.1 Å². The molecule has 2 fully saturated rings. The number of halogens is 2. The maximum atomic E-state index is 13.4. The van der Waals surface area contributed by atoms with E-state index in [1.807, 2.05) is 17.0 Å². The standard InChI is InChI=1S/C22H23F2N3O2S/c23-22(24)10-13-26(14-11-22)20-9-12-27(16-20)30(28,29)21-7-5-19(6-8-21)18-3-1-17(15-25)2-4-18/h1-8,20H,9-14,16H2. The number of nitriles is 1. The monoisotopic (exact) mass is 431 g/mol. The lowest BCUT2D eigenvalue weighted by molar-refractivity contribution is -0.0618. The number of benzene rings is 2. The molecule has 0 aliphatic carbocycles.